The molecule has 1 heterocycles. The SMILES string of the molecule is Cc1ccc2c(CC(=O)NCC3(O)CCC3)coc2c1. The summed E-state index contributed by atoms with van der Waals surface area (Å²) in [6.45, 7) is 2.36. The Morgan fingerprint density at radius 3 is 2.95 bits per heavy atom. The first kappa shape index (κ1) is 13.2. The van der Waals surface area contributed by atoms with E-state index >= 15 is 0 Å². The molecule has 0 atom stereocenters. The molecule has 20 heavy (non-hydrogen) atoms. The molecule has 1 aliphatic carbocycles. The fraction of sp³-hybridized carbons (Fsp3) is 0.438. The zero-order valence-electron chi connectivity index (χ0n) is 11.6. The molecule has 2 N–H and O–H groups in total. The molecule has 106 valence electrons. The number of carbonyl (C=O) groups is 1. The predicted octanol–water partition coefficient (Wildman–Crippen LogP) is 2.31. The molecule has 1 aromatic carbocycles. The third-order valence-corrected chi connectivity index (χ3v) is 4.06. The van der Waals surface area contributed by atoms with Gasteiger partial charge >= 0.3 is 0 Å². The van der Waals surface area contributed by atoms with Crippen molar-refractivity contribution < 1.29 is 14.3 Å². The average molecular weight is 273 g/mol. The van der Waals surface area contributed by atoms with Gasteiger partial charge in [0.1, 0.15) is 5.58 Å². The van der Waals surface area contributed by atoms with E-state index in [4.69, 9.17) is 4.42 Å². The zero-order chi connectivity index (χ0) is 14.2. The van der Waals surface area contributed by atoms with Gasteiger partial charge in [-0.15, -0.1) is 0 Å². The fourth-order valence-electron chi connectivity index (χ4n) is 2.59. The fourth-order valence-corrected chi connectivity index (χ4v) is 2.59. The summed E-state index contributed by atoms with van der Waals surface area (Å²) in [5.41, 5.74) is 2.16. The lowest BCUT2D eigenvalue weighted by atomic mass is 9.80. The van der Waals surface area contributed by atoms with Gasteiger partial charge in [0.2, 0.25) is 5.91 Å². The van der Waals surface area contributed by atoms with Gasteiger partial charge in [0, 0.05) is 17.5 Å². The molecule has 0 spiro atoms. The van der Waals surface area contributed by atoms with Crippen molar-refractivity contribution in [2.24, 2.45) is 0 Å². The largest absolute Gasteiger partial charge is 0.464 e. The van der Waals surface area contributed by atoms with Crippen LogP contribution < -0.4 is 5.32 Å². The van der Waals surface area contributed by atoms with Gasteiger partial charge in [-0.2, -0.15) is 0 Å². The van der Waals surface area contributed by atoms with Crippen LogP contribution in [0.3, 0.4) is 0 Å². The van der Waals surface area contributed by atoms with Gasteiger partial charge < -0.3 is 14.8 Å². The van der Waals surface area contributed by atoms with Crippen molar-refractivity contribution in [2.75, 3.05) is 6.54 Å². The number of hydrogen-bond acceptors (Lipinski definition) is 3. The Bertz CT molecular complexity index is 640. The van der Waals surface area contributed by atoms with Crippen LogP contribution in [0.1, 0.15) is 30.4 Å². The Morgan fingerprint density at radius 2 is 2.25 bits per heavy atom. The number of aliphatic hydroxyl groups is 1. The van der Waals surface area contributed by atoms with Gasteiger partial charge in [-0.25, -0.2) is 0 Å². The maximum Gasteiger partial charge on any atom is 0.224 e. The minimum atomic E-state index is -0.675. The van der Waals surface area contributed by atoms with Crippen LogP contribution in [-0.2, 0) is 11.2 Å². The molecule has 4 heteroatoms. The molecule has 0 saturated heterocycles. The smallest absolute Gasteiger partial charge is 0.224 e. The molecule has 4 nitrogen and oxygen atoms in total. The average Bonchev–Trinajstić information content (AvgIpc) is 2.76. The number of amides is 1. The van der Waals surface area contributed by atoms with Crippen LogP contribution in [0.2, 0.25) is 0 Å². The maximum atomic E-state index is 11.9. The Morgan fingerprint density at radius 1 is 1.45 bits per heavy atom. The number of hydrogen-bond donors (Lipinski definition) is 2. The summed E-state index contributed by atoms with van der Waals surface area (Å²) < 4.78 is 5.48. The Hall–Kier alpha value is -1.81. The van der Waals surface area contributed by atoms with Crippen LogP contribution in [0.25, 0.3) is 11.0 Å². The molecule has 1 saturated carbocycles. The third-order valence-electron chi connectivity index (χ3n) is 4.06. The van der Waals surface area contributed by atoms with Crippen molar-refractivity contribution in [3.8, 4) is 0 Å². The minimum absolute atomic E-state index is 0.0754. The van der Waals surface area contributed by atoms with Gasteiger partial charge in [0.05, 0.1) is 18.3 Å². The minimum Gasteiger partial charge on any atom is -0.464 e. The van der Waals surface area contributed by atoms with Crippen LogP contribution in [0.5, 0.6) is 0 Å². The number of benzene rings is 1. The number of aryl methyl sites for hydroxylation is 1. The Balaban J connectivity index is 1.65. The lowest BCUT2D eigenvalue weighted by Gasteiger charge is -2.36. The first-order valence-corrected chi connectivity index (χ1v) is 7.02. The molecule has 2 aromatic rings. The molecule has 3 rings (SSSR count). The van der Waals surface area contributed by atoms with E-state index in [9.17, 15) is 9.90 Å². The first-order chi connectivity index (χ1) is 9.56. The van der Waals surface area contributed by atoms with E-state index < -0.39 is 5.60 Å². The van der Waals surface area contributed by atoms with Crippen molar-refractivity contribution in [2.45, 2.75) is 38.2 Å². The Labute approximate surface area is 117 Å². The second-order valence-corrected chi connectivity index (χ2v) is 5.79. The number of furan rings is 1. The van der Waals surface area contributed by atoms with Crippen molar-refractivity contribution in [1.82, 2.24) is 5.32 Å². The lowest BCUT2D eigenvalue weighted by Crippen LogP contribution is -2.48. The van der Waals surface area contributed by atoms with Crippen LogP contribution >= 0.6 is 0 Å². The van der Waals surface area contributed by atoms with E-state index in [1.54, 1.807) is 6.26 Å². The quantitative estimate of drug-likeness (QED) is 0.898. The third kappa shape index (κ3) is 2.56. The standard InChI is InChI=1S/C16H19NO3/c1-11-3-4-13-12(9-20-14(13)7-11)8-15(18)17-10-16(19)5-2-6-16/h3-4,7,9,19H,2,5-6,8,10H2,1H3,(H,17,18). The summed E-state index contributed by atoms with van der Waals surface area (Å²) in [7, 11) is 0. The molecule has 1 aromatic heterocycles. The second-order valence-electron chi connectivity index (χ2n) is 5.79. The molecule has 0 aliphatic heterocycles. The highest BCUT2D eigenvalue weighted by Crippen LogP contribution is 2.30. The van der Waals surface area contributed by atoms with E-state index in [0.29, 0.717) is 6.54 Å². The van der Waals surface area contributed by atoms with Gasteiger partial charge in [-0.1, -0.05) is 12.1 Å². The highest BCUT2D eigenvalue weighted by Gasteiger charge is 2.34. The summed E-state index contributed by atoms with van der Waals surface area (Å²) in [6, 6.07) is 5.96. The van der Waals surface area contributed by atoms with E-state index in [-0.39, 0.29) is 12.3 Å². The predicted molar refractivity (Wildman–Crippen MR) is 76.5 cm³/mol. The van der Waals surface area contributed by atoms with Crippen molar-refractivity contribution >= 4 is 16.9 Å². The van der Waals surface area contributed by atoms with Crippen molar-refractivity contribution in [3.63, 3.8) is 0 Å². The van der Waals surface area contributed by atoms with Gasteiger partial charge in [-0.3, -0.25) is 4.79 Å². The molecule has 1 aliphatic rings. The van der Waals surface area contributed by atoms with Crippen LogP contribution in [0, 0.1) is 6.92 Å². The summed E-state index contributed by atoms with van der Waals surface area (Å²) in [5.74, 6) is -0.0754. The van der Waals surface area contributed by atoms with E-state index in [1.807, 2.05) is 25.1 Å². The second kappa shape index (κ2) is 4.94. The number of nitrogens with one attached hydrogen (secondary N) is 1. The molecule has 0 unspecified atom stereocenters. The topological polar surface area (TPSA) is 62.5 Å². The highest BCUT2D eigenvalue weighted by atomic mass is 16.3. The summed E-state index contributed by atoms with van der Waals surface area (Å²) in [6.07, 6.45) is 4.52. The van der Waals surface area contributed by atoms with Gasteiger partial charge in [-0.05, 0) is 37.8 Å². The van der Waals surface area contributed by atoms with Crippen LogP contribution in [-0.4, -0.2) is 23.2 Å². The number of rotatable bonds is 4. The molecule has 0 bridgehead atoms. The highest BCUT2D eigenvalue weighted by molar-refractivity contribution is 5.87. The molecule has 0 radical (unpaired) electrons. The monoisotopic (exact) mass is 273 g/mol. The Kier molecular flexibility index (Phi) is 3.26. The van der Waals surface area contributed by atoms with E-state index in [0.717, 1.165) is 41.4 Å². The summed E-state index contributed by atoms with van der Waals surface area (Å²) >= 11 is 0. The van der Waals surface area contributed by atoms with E-state index in [1.165, 1.54) is 0 Å². The first-order valence-electron chi connectivity index (χ1n) is 7.02. The van der Waals surface area contributed by atoms with Crippen LogP contribution in [0.15, 0.2) is 28.9 Å². The van der Waals surface area contributed by atoms with Crippen molar-refractivity contribution in [3.05, 3.63) is 35.6 Å². The molecule has 1 fully saturated rings. The summed E-state index contributed by atoms with van der Waals surface area (Å²) in [5, 5.41) is 13.7. The molecular formula is C16H19NO3. The number of fused-ring (bicyclic) bond motifs is 1. The number of carbonyl (C=O) groups excluding carboxylic acids is 1. The lowest BCUT2D eigenvalue weighted by molar-refractivity contribution is -0.122. The van der Waals surface area contributed by atoms with Gasteiger partial charge in [0.15, 0.2) is 0 Å². The van der Waals surface area contributed by atoms with E-state index in [2.05, 4.69) is 5.32 Å². The zero-order valence-corrected chi connectivity index (χ0v) is 11.6. The van der Waals surface area contributed by atoms with Crippen LogP contribution in [0.4, 0.5) is 0 Å². The molecular weight excluding hydrogens is 254 g/mol. The molecule has 1 amide bonds. The normalized spacial score (nSPS) is 16.9. The summed E-state index contributed by atoms with van der Waals surface area (Å²) in [4.78, 5) is 11.9. The maximum absolute atomic E-state index is 11.9. The van der Waals surface area contributed by atoms with Crippen molar-refractivity contribution in [1.29, 1.82) is 0 Å². The van der Waals surface area contributed by atoms with Gasteiger partial charge in [0.25, 0.3) is 0 Å².